The lowest BCUT2D eigenvalue weighted by atomic mass is 9.87. The number of nitrogens with two attached hydrogens (primary N) is 1. The first-order valence-corrected chi connectivity index (χ1v) is 11.1. The smallest absolute Gasteiger partial charge is 0.237 e. The maximum Gasteiger partial charge on any atom is 0.237 e. The second kappa shape index (κ2) is 7.50. The topological polar surface area (TPSA) is 95.7 Å². The highest BCUT2D eigenvalue weighted by Gasteiger charge is 2.52. The number of rotatable bonds is 7. The predicted molar refractivity (Wildman–Crippen MR) is 97.2 cm³/mol. The van der Waals surface area contributed by atoms with Crippen LogP contribution in [0.4, 0.5) is 0 Å². The van der Waals surface area contributed by atoms with Gasteiger partial charge in [-0.25, -0.2) is 13.1 Å². The van der Waals surface area contributed by atoms with Crippen molar-refractivity contribution < 1.29 is 13.2 Å². The molecule has 3 N–H and O–H groups in total. The molecule has 2 bridgehead atoms. The number of carbonyl (C=O) groups is 1. The van der Waals surface area contributed by atoms with Crippen molar-refractivity contribution in [3.63, 3.8) is 0 Å². The molecule has 0 aromatic carbocycles. The zero-order valence-corrected chi connectivity index (χ0v) is 15.9. The van der Waals surface area contributed by atoms with Gasteiger partial charge in [-0.15, -0.1) is 0 Å². The highest BCUT2D eigenvalue weighted by Crippen LogP contribution is 2.43. The lowest BCUT2D eigenvalue weighted by Gasteiger charge is -2.44. The third kappa shape index (κ3) is 4.02. The van der Waals surface area contributed by atoms with Crippen LogP contribution in [0.1, 0.15) is 45.4 Å². The van der Waals surface area contributed by atoms with Gasteiger partial charge < -0.3 is 10.6 Å². The Balaban J connectivity index is 1.57. The molecule has 3 aliphatic rings. The van der Waals surface area contributed by atoms with E-state index in [2.05, 4.69) is 20.9 Å². The second-order valence-corrected chi connectivity index (χ2v) is 9.71. The number of carbonyl (C=O) groups excluding carboxylic acids is 1. The van der Waals surface area contributed by atoms with Crippen LogP contribution in [0.2, 0.25) is 0 Å². The van der Waals surface area contributed by atoms with E-state index in [9.17, 15) is 13.2 Å². The Labute approximate surface area is 151 Å². The van der Waals surface area contributed by atoms with Crippen molar-refractivity contribution in [3.05, 3.63) is 6.42 Å². The van der Waals surface area contributed by atoms with E-state index < -0.39 is 15.6 Å². The molecule has 8 heteroatoms. The van der Waals surface area contributed by atoms with Gasteiger partial charge in [-0.2, -0.15) is 0 Å². The highest BCUT2D eigenvalue weighted by atomic mass is 32.2. The van der Waals surface area contributed by atoms with Crippen molar-refractivity contribution in [2.45, 2.75) is 63.1 Å². The van der Waals surface area contributed by atoms with Crippen LogP contribution in [0.15, 0.2) is 0 Å². The third-order valence-electron chi connectivity index (χ3n) is 6.15. The monoisotopic (exact) mass is 371 g/mol. The van der Waals surface area contributed by atoms with Gasteiger partial charge in [0.1, 0.15) is 5.54 Å². The van der Waals surface area contributed by atoms with Crippen LogP contribution >= 0.6 is 0 Å². The minimum atomic E-state index is -3.16. The van der Waals surface area contributed by atoms with Crippen LogP contribution in [0.5, 0.6) is 0 Å². The Morgan fingerprint density at radius 2 is 2.16 bits per heavy atom. The van der Waals surface area contributed by atoms with Crippen molar-refractivity contribution in [1.29, 1.82) is 0 Å². The predicted octanol–water partition coefficient (Wildman–Crippen LogP) is 0.0767. The lowest BCUT2D eigenvalue weighted by Crippen LogP contribution is -2.60. The number of primary amides is 1. The average molecular weight is 372 g/mol. The summed E-state index contributed by atoms with van der Waals surface area (Å²) in [4.78, 5) is 16.8. The molecule has 25 heavy (non-hydrogen) atoms. The van der Waals surface area contributed by atoms with Crippen molar-refractivity contribution in [3.8, 4) is 0 Å². The molecule has 143 valence electrons. The molecule has 3 atom stereocenters. The molecule has 0 saturated carbocycles. The zero-order valence-electron chi connectivity index (χ0n) is 15.1. The van der Waals surface area contributed by atoms with Gasteiger partial charge in [-0.1, -0.05) is 0 Å². The van der Waals surface area contributed by atoms with E-state index in [-0.39, 0.29) is 17.7 Å². The zero-order chi connectivity index (χ0) is 18.1. The van der Waals surface area contributed by atoms with E-state index in [0.717, 1.165) is 64.7 Å². The van der Waals surface area contributed by atoms with E-state index in [1.54, 1.807) is 6.92 Å². The number of amides is 1. The minimum Gasteiger partial charge on any atom is -0.368 e. The fourth-order valence-corrected chi connectivity index (χ4v) is 5.60. The van der Waals surface area contributed by atoms with Gasteiger partial charge in [-0.05, 0) is 58.4 Å². The highest BCUT2D eigenvalue weighted by molar-refractivity contribution is 7.89. The number of hydrogen-bond donors (Lipinski definition) is 2. The van der Waals surface area contributed by atoms with E-state index in [1.807, 2.05) is 0 Å². The molecular formula is C17H31N4O3S. The van der Waals surface area contributed by atoms with Crippen LogP contribution in [-0.4, -0.2) is 73.7 Å². The summed E-state index contributed by atoms with van der Waals surface area (Å²) in [6.07, 6.45) is 7.80. The average Bonchev–Trinajstić information content (AvgIpc) is 2.77. The van der Waals surface area contributed by atoms with E-state index >= 15 is 0 Å². The molecule has 3 aliphatic heterocycles. The molecular weight excluding hydrogens is 340 g/mol. The summed E-state index contributed by atoms with van der Waals surface area (Å²) in [6.45, 7) is 5.08. The molecule has 7 nitrogen and oxygen atoms in total. The molecule has 3 heterocycles. The summed E-state index contributed by atoms with van der Waals surface area (Å²) >= 11 is 0. The number of nitrogens with one attached hydrogen (secondary N) is 1. The number of hydrogen-bond acceptors (Lipinski definition) is 5. The fourth-order valence-electron chi connectivity index (χ4n) is 4.74. The van der Waals surface area contributed by atoms with Crippen LogP contribution in [0.25, 0.3) is 0 Å². The van der Waals surface area contributed by atoms with Crippen molar-refractivity contribution in [2.24, 2.45) is 5.73 Å². The number of piperidine rings is 2. The summed E-state index contributed by atoms with van der Waals surface area (Å²) in [5.74, 6) is -0.0745. The maximum absolute atomic E-state index is 12.1. The Morgan fingerprint density at radius 3 is 2.88 bits per heavy atom. The summed E-state index contributed by atoms with van der Waals surface area (Å²) in [7, 11) is -3.16. The van der Waals surface area contributed by atoms with E-state index in [0.29, 0.717) is 6.04 Å². The molecule has 0 aliphatic carbocycles. The quantitative estimate of drug-likeness (QED) is 0.661. The molecule has 0 aromatic rings. The lowest BCUT2D eigenvalue weighted by molar-refractivity contribution is -0.130. The van der Waals surface area contributed by atoms with Gasteiger partial charge in [0.25, 0.3) is 0 Å². The molecule has 3 fully saturated rings. The van der Waals surface area contributed by atoms with Crippen LogP contribution in [0.3, 0.4) is 0 Å². The molecule has 3 rings (SSSR count). The van der Waals surface area contributed by atoms with Gasteiger partial charge in [0.15, 0.2) is 0 Å². The van der Waals surface area contributed by atoms with Crippen LogP contribution < -0.4 is 10.5 Å². The molecule has 0 unspecified atom stereocenters. The van der Waals surface area contributed by atoms with Gasteiger partial charge >= 0.3 is 0 Å². The fraction of sp³-hybridized carbons (Fsp3) is 0.882. The summed E-state index contributed by atoms with van der Waals surface area (Å²) in [5, 5.41) is 0. The molecule has 1 amide bonds. The Bertz CT molecular complexity index is 593. The summed E-state index contributed by atoms with van der Waals surface area (Å²) < 4.78 is 26.4. The first-order chi connectivity index (χ1) is 11.9. The van der Waals surface area contributed by atoms with Gasteiger partial charge in [0.05, 0.1) is 5.75 Å². The SMILES string of the molecule is CCS(=O)(=O)N[C@H]1CCCN(CCN2[C@@H]3C[CH]C[C@@]2(C(N)=O)CC3)C1. The van der Waals surface area contributed by atoms with Crippen LogP contribution in [-0.2, 0) is 14.8 Å². The van der Waals surface area contributed by atoms with E-state index in [1.165, 1.54) is 0 Å². The number of likely N-dealkylation sites (tertiary alicyclic amines) is 1. The second-order valence-electron chi connectivity index (χ2n) is 7.67. The van der Waals surface area contributed by atoms with Gasteiger partial charge in [-0.3, -0.25) is 9.69 Å². The van der Waals surface area contributed by atoms with Crippen molar-refractivity contribution in [1.82, 2.24) is 14.5 Å². The molecule has 1 radical (unpaired) electrons. The number of sulfonamides is 1. The Morgan fingerprint density at radius 1 is 1.36 bits per heavy atom. The third-order valence-corrected chi connectivity index (χ3v) is 7.60. The normalized spacial score (nSPS) is 34.3. The minimum absolute atomic E-state index is 0.00443. The Kier molecular flexibility index (Phi) is 5.72. The first kappa shape index (κ1) is 19.1. The van der Waals surface area contributed by atoms with Crippen molar-refractivity contribution >= 4 is 15.9 Å². The first-order valence-electron chi connectivity index (χ1n) is 9.47. The standard InChI is InChI=1S/C17H31N4O3S/c1-2-25(23,24)19-14-5-4-10-20(13-14)11-12-21-15-6-3-8-17(21,9-7-15)16(18)22/h3,14-15,19H,2,4-13H2,1H3,(H2,18,22)/t14-,15+,17-/m0/s1. The van der Waals surface area contributed by atoms with Gasteiger partial charge in [0, 0.05) is 31.7 Å². The Hall–Kier alpha value is -0.700. The molecule has 0 aromatic heterocycles. The number of nitrogens with zero attached hydrogens (tertiary/aromatic N) is 2. The van der Waals surface area contributed by atoms with Gasteiger partial charge in [0.2, 0.25) is 15.9 Å². The summed E-state index contributed by atoms with van der Waals surface area (Å²) in [6, 6.07) is 0.427. The maximum atomic E-state index is 12.1. The molecule has 0 spiro atoms. The van der Waals surface area contributed by atoms with Crippen LogP contribution in [0, 0.1) is 6.42 Å². The van der Waals surface area contributed by atoms with E-state index in [4.69, 9.17) is 5.73 Å². The number of fused-ring (bicyclic) bond motifs is 2. The van der Waals surface area contributed by atoms with Crippen molar-refractivity contribution in [2.75, 3.05) is 31.9 Å². The summed E-state index contributed by atoms with van der Waals surface area (Å²) in [5.41, 5.74) is 5.27. The largest absolute Gasteiger partial charge is 0.368 e. The molecule has 3 saturated heterocycles.